The van der Waals surface area contributed by atoms with Gasteiger partial charge in [0.2, 0.25) is 0 Å². The zero-order valence-corrected chi connectivity index (χ0v) is 27.1. The van der Waals surface area contributed by atoms with Crippen molar-refractivity contribution in [2.45, 2.75) is 127 Å². The first-order valence-electron chi connectivity index (χ1n) is 16.2. The number of ether oxygens (including phenoxy) is 3. The Hall–Kier alpha value is -1.51. The van der Waals surface area contributed by atoms with Crippen molar-refractivity contribution < 1.29 is 27.7 Å². The third kappa shape index (κ3) is 8.35. The van der Waals surface area contributed by atoms with E-state index in [2.05, 4.69) is 40.9 Å². The smallest absolute Gasteiger partial charge is 0.178 e. The van der Waals surface area contributed by atoms with Crippen molar-refractivity contribution in [3.05, 3.63) is 54.6 Å². The summed E-state index contributed by atoms with van der Waals surface area (Å²) in [7, 11) is -3.46. The Kier molecular flexibility index (Phi) is 11.9. The quantitative estimate of drug-likeness (QED) is 0.233. The highest BCUT2D eigenvalue weighted by Crippen LogP contribution is 2.43. The van der Waals surface area contributed by atoms with E-state index in [1.165, 1.54) is 0 Å². The second-order valence-corrected chi connectivity index (χ2v) is 15.4. The van der Waals surface area contributed by atoms with Crippen molar-refractivity contribution in [3.8, 4) is 0 Å². The van der Waals surface area contributed by atoms with Crippen molar-refractivity contribution in [1.82, 2.24) is 0 Å². The van der Waals surface area contributed by atoms with Crippen molar-refractivity contribution in [1.29, 1.82) is 0 Å². The first-order valence-corrected chi connectivity index (χ1v) is 17.9. The normalized spacial score (nSPS) is 34.6. The van der Waals surface area contributed by atoms with Crippen LogP contribution in [-0.4, -0.2) is 62.5 Å². The largest absolute Gasteiger partial charge is 0.396 e. The van der Waals surface area contributed by atoms with Crippen molar-refractivity contribution in [2.24, 2.45) is 23.7 Å². The van der Waals surface area contributed by atoms with Crippen LogP contribution in [0.5, 0.6) is 0 Å². The highest BCUT2D eigenvalue weighted by Gasteiger charge is 2.46. The lowest BCUT2D eigenvalue weighted by Crippen LogP contribution is -2.38. The average molecular weight is 603 g/mol. The van der Waals surface area contributed by atoms with E-state index in [-0.39, 0.29) is 60.8 Å². The number of benzene rings is 1. The van der Waals surface area contributed by atoms with Crippen LogP contribution in [-0.2, 0) is 24.0 Å². The number of aliphatic hydroxyl groups is 1. The van der Waals surface area contributed by atoms with Crippen LogP contribution >= 0.6 is 0 Å². The first kappa shape index (κ1) is 33.4. The molecule has 1 aromatic carbocycles. The molecule has 3 aliphatic heterocycles. The maximum Gasteiger partial charge on any atom is 0.178 e. The SMILES string of the molecule is C=C1C[C@H](CCCO)O[C@H]1CCC1C[C@@H](C)C(=C)[C@@H](CC2O[C@H](C[C@H](C)CC)[C@H](C)[C@H]2CS(=O)(=O)c2ccccc2)O1. The molecule has 10 atom stereocenters. The topological polar surface area (TPSA) is 82.1 Å². The zero-order chi connectivity index (χ0) is 30.4. The standard InChI is InChI=1S/C35H54O6S/c1-7-23(2)18-33-27(6)31(22-42(37,38)30-13-9-8-10-14-30)35(41-33)21-34-26(5)24(3)19-29(40-34)15-16-32-25(4)20-28(39-32)12-11-17-36/h8-10,13-14,23-24,27-29,31-36H,4-5,7,11-12,15-22H2,1-3,6H3/t23-,24-,27-,28+,29?,31-,32+,33-,34-,35?/m1/s1. The van der Waals surface area contributed by atoms with Gasteiger partial charge < -0.3 is 19.3 Å². The van der Waals surface area contributed by atoms with Gasteiger partial charge in [-0.3, -0.25) is 0 Å². The Labute approximate surface area is 254 Å². The molecular formula is C35H54O6S. The first-order chi connectivity index (χ1) is 20.0. The van der Waals surface area contributed by atoms with Gasteiger partial charge in [0, 0.05) is 18.9 Å². The molecule has 1 N–H and O–H groups in total. The van der Waals surface area contributed by atoms with Gasteiger partial charge in [0.1, 0.15) is 0 Å². The highest BCUT2D eigenvalue weighted by molar-refractivity contribution is 7.91. The molecule has 42 heavy (non-hydrogen) atoms. The number of hydrogen-bond donors (Lipinski definition) is 1. The van der Waals surface area contributed by atoms with Gasteiger partial charge in [-0.2, -0.15) is 0 Å². The Morgan fingerprint density at radius 1 is 0.976 bits per heavy atom. The Morgan fingerprint density at radius 3 is 2.38 bits per heavy atom. The fraction of sp³-hybridized carbons (Fsp3) is 0.714. The molecular weight excluding hydrogens is 548 g/mol. The van der Waals surface area contributed by atoms with Crippen LogP contribution in [0.15, 0.2) is 59.5 Å². The summed E-state index contributed by atoms with van der Waals surface area (Å²) in [6.07, 6.45) is 7.77. The number of hydrogen-bond acceptors (Lipinski definition) is 6. The molecule has 1 aromatic rings. The van der Waals surface area contributed by atoms with Gasteiger partial charge in [0.25, 0.3) is 0 Å². The predicted octanol–water partition coefficient (Wildman–Crippen LogP) is 6.92. The predicted molar refractivity (Wildman–Crippen MR) is 168 cm³/mol. The Morgan fingerprint density at radius 2 is 1.69 bits per heavy atom. The summed E-state index contributed by atoms with van der Waals surface area (Å²) in [6, 6.07) is 8.80. The van der Waals surface area contributed by atoms with Crippen LogP contribution in [0.4, 0.5) is 0 Å². The van der Waals surface area contributed by atoms with Gasteiger partial charge in [-0.1, -0.05) is 65.5 Å². The lowest BCUT2D eigenvalue weighted by molar-refractivity contribution is -0.0737. The van der Waals surface area contributed by atoms with Gasteiger partial charge in [-0.15, -0.1) is 0 Å². The second kappa shape index (κ2) is 15.0. The van der Waals surface area contributed by atoms with E-state index in [1.807, 2.05) is 6.07 Å². The van der Waals surface area contributed by atoms with E-state index in [9.17, 15) is 8.42 Å². The summed E-state index contributed by atoms with van der Waals surface area (Å²) in [5.74, 6) is 0.944. The molecule has 0 saturated carbocycles. The molecule has 7 heteroatoms. The van der Waals surface area contributed by atoms with Gasteiger partial charge in [0.05, 0.1) is 47.3 Å². The summed E-state index contributed by atoms with van der Waals surface area (Å²) >= 11 is 0. The van der Waals surface area contributed by atoms with Crippen molar-refractivity contribution >= 4 is 9.84 Å². The third-order valence-corrected chi connectivity index (χ3v) is 12.0. The second-order valence-electron chi connectivity index (χ2n) is 13.3. The molecule has 2 unspecified atom stereocenters. The molecule has 3 heterocycles. The lowest BCUT2D eigenvalue weighted by Gasteiger charge is -2.38. The zero-order valence-electron chi connectivity index (χ0n) is 26.2. The summed E-state index contributed by atoms with van der Waals surface area (Å²) in [5.41, 5.74) is 2.23. The van der Waals surface area contributed by atoms with Crippen molar-refractivity contribution in [3.63, 3.8) is 0 Å². The summed E-state index contributed by atoms with van der Waals surface area (Å²) in [4.78, 5) is 0.377. The van der Waals surface area contributed by atoms with Gasteiger partial charge in [-0.25, -0.2) is 8.42 Å². The molecule has 3 aliphatic rings. The van der Waals surface area contributed by atoms with Crippen LogP contribution in [0, 0.1) is 23.7 Å². The van der Waals surface area contributed by atoms with E-state index in [1.54, 1.807) is 24.3 Å². The Bertz CT molecular complexity index is 1130. The third-order valence-electron chi connectivity index (χ3n) is 10.1. The molecule has 3 saturated heterocycles. The molecule has 4 rings (SSSR count). The summed E-state index contributed by atoms with van der Waals surface area (Å²) < 4.78 is 46.7. The highest BCUT2D eigenvalue weighted by atomic mass is 32.2. The lowest BCUT2D eigenvalue weighted by atomic mass is 9.81. The van der Waals surface area contributed by atoms with Crippen LogP contribution < -0.4 is 0 Å². The maximum atomic E-state index is 13.5. The van der Waals surface area contributed by atoms with Gasteiger partial charge >= 0.3 is 0 Å². The van der Waals surface area contributed by atoms with Crippen LogP contribution in [0.2, 0.25) is 0 Å². The monoisotopic (exact) mass is 602 g/mol. The molecule has 0 amide bonds. The van der Waals surface area contributed by atoms with Crippen LogP contribution in [0.1, 0.15) is 85.5 Å². The molecule has 0 bridgehead atoms. The molecule has 0 aliphatic carbocycles. The summed E-state index contributed by atoms with van der Waals surface area (Å²) in [6.45, 7) is 17.7. The van der Waals surface area contributed by atoms with Crippen molar-refractivity contribution in [2.75, 3.05) is 12.4 Å². The van der Waals surface area contributed by atoms with E-state index in [4.69, 9.17) is 19.3 Å². The maximum absolute atomic E-state index is 13.5. The fourth-order valence-electron chi connectivity index (χ4n) is 7.11. The minimum absolute atomic E-state index is 0.0373. The molecule has 3 fully saturated rings. The number of aliphatic hydroxyl groups excluding tert-OH is 1. The Balaban J connectivity index is 1.43. The van der Waals surface area contributed by atoms with E-state index >= 15 is 0 Å². The van der Waals surface area contributed by atoms with E-state index in [0.29, 0.717) is 23.2 Å². The van der Waals surface area contributed by atoms with Crippen LogP contribution in [0.25, 0.3) is 0 Å². The molecule has 0 radical (unpaired) electrons. The van der Waals surface area contributed by atoms with Crippen LogP contribution in [0.3, 0.4) is 0 Å². The minimum Gasteiger partial charge on any atom is -0.396 e. The minimum atomic E-state index is -3.46. The molecule has 6 nitrogen and oxygen atoms in total. The fourth-order valence-corrected chi connectivity index (χ4v) is 8.89. The number of sulfone groups is 1. The molecule has 0 aromatic heterocycles. The number of rotatable bonds is 14. The van der Waals surface area contributed by atoms with Gasteiger partial charge in [-0.05, 0) is 86.0 Å². The van der Waals surface area contributed by atoms with Gasteiger partial charge in [0.15, 0.2) is 9.84 Å². The summed E-state index contributed by atoms with van der Waals surface area (Å²) in [5, 5.41) is 9.17. The van der Waals surface area contributed by atoms with E-state index < -0.39 is 9.84 Å². The average Bonchev–Trinajstić information content (AvgIpc) is 3.46. The molecule has 236 valence electrons. The molecule has 0 spiro atoms. The van der Waals surface area contributed by atoms with E-state index in [0.717, 1.165) is 62.5 Å².